The van der Waals surface area contributed by atoms with Gasteiger partial charge in [-0.1, -0.05) is 6.07 Å². The summed E-state index contributed by atoms with van der Waals surface area (Å²) in [7, 11) is 1.75. The van der Waals surface area contributed by atoms with Crippen molar-refractivity contribution in [2.45, 2.75) is 5.37 Å². The predicted molar refractivity (Wildman–Crippen MR) is 78.6 cm³/mol. The summed E-state index contributed by atoms with van der Waals surface area (Å²) in [6, 6.07) is 6.87. The van der Waals surface area contributed by atoms with E-state index in [1.54, 1.807) is 29.9 Å². The van der Waals surface area contributed by atoms with Crippen LogP contribution in [0.5, 0.6) is 0 Å². The number of H-pyrrole nitrogens is 1. The Bertz CT molecular complexity index is 727. The summed E-state index contributed by atoms with van der Waals surface area (Å²) in [4.78, 5) is 32.8. The zero-order valence-corrected chi connectivity index (χ0v) is 11.9. The van der Waals surface area contributed by atoms with Crippen molar-refractivity contribution in [1.82, 2.24) is 14.9 Å². The Labute approximate surface area is 120 Å². The molecule has 2 aromatic heterocycles. The van der Waals surface area contributed by atoms with E-state index in [0.717, 1.165) is 5.56 Å². The first-order valence-corrected chi connectivity index (χ1v) is 7.41. The van der Waals surface area contributed by atoms with E-state index in [1.165, 1.54) is 6.07 Å². The standard InChI is InChI=1S/C14H13N3O2S/c1-17-13(19)8-7-10(18)16-12(11(8)14(17)20-2)9-5-3-4-6-15-9/h3-7,14H,1-2H3,(H,16,18). The number of aromatic nitrogens is 2. The van der Waals surface area contributed by atoms with Crippen LogP contribution in [0, 0.1) is 0 Å². The SMILES string of the molecule is CSC1c2c(cc(=O)[nH]c2-c2ccccn2)C(=O)N1C. The first kappa shape index (κ1) is 12.9. The molecule has 0 radical (unpaired) electrons. The molecule has 0 aromatic carbocycles. The summed E-state index contributed by atoms with van der Waals surface area (Å²) in [5.74, 6) is -0.123. The average Bonchev–Trinajstić information content (AvgIpc) is 2.71. The van der Waals surface area contributed by atoms with E-state index in [0.29, 0.717) is 17.0 Å². The van der Waals surface area contributed by atoms with Crippen molar-refractivity contribution >= 4 is 17.7 Å². The van der Waals surface area contributed by atoms with Gasteiger partial charge < -0.3 is 9.88 Å². The topological polar surface area (TPSA) is 66.1 Å². The van der Waals surface area contributed by atoms with Crippen LogP contribution in [0.15, 0.2) is 35.3 Å². The molecule has 1 aliphatic rings. The summed E-state index contributed by atoms with van der Waals surface area (Å²) in [5.41, 5.74) is 2.32. The van der Waals surface area contributed by atoms with Gasteiger partial charge in [0, 0.05) is 24.9 Å². The number of nitrogens with one attached hydrogen (secondary N) is 1. The summed E-state index contributed by atoms with van der Waals surface area (Å²) in [5, 5.41) is -0.105. The van der Waals surface area contributed by atoms with Gasteiger partial charge in [-0.25, -0.2) is 0 Å². The van der Waals surface area contributed by atoms with E-state index in [4.69, 9.17) is 0 Å². The molecule has 1 N–H and O–H groups in total. The molecule has 2 aromatic rings. The quantitative estimate of drug-likeness (QED) is 0.916. The second-order valence-corrected chi connectivity index (χ2v) is 5.47. The van der Waals surface area contributed by atoms with Crippen molar-refractivity contribution in [3.8, 4) is 11.4 Å². The second kappa shape index (κ2) is 4.79. The zero-order valence-electron chi connectivity index (χ0n) is 11.1. The van der Waals surface area contributed by atoms with Crippen molar-refractivity contribution in [2.24, 2.45) is 0 Å². The largest absolute Gasteiger partial charge is 0.325 e. The van der Waals surface area contributed by atoms with Gasteiger partial charge in [0.15, 0.2) is 0 Å². The van der Waals surface area contributed by atoms with Gasteiger partial charge in [-0.3, -0.25) is 14.6 Å². The van der Waals surface area contributed by atoms with Crippen LogP contribution in [0.3, 0.4) is 0 Å². The maximum absolute atomic E-state index is 12.2. The molecule has 1 atom stereocenters. The van der Waals surface area contributed by atoms with Crippen molar-refractivity contribution < 1.29 is 4.79 Å². The Morgan fingerprint density at radius 2 is 2.15 bits per heavy atom. The van der Waals surface area contributed by atoms with Gasteiger partial charge in [0.1, 0.15) is 5.37 Å². The molecule has 0 aliphatic carbocycles. The van der Waals surface area contributed by atoms with Crippen LogP contribution >= 0.6 is 11.8 Å². The number of carbonyl (C=O) groups excluding carboxylic acids is 1. The second-order valence-electron chi connectivity index (χ2n) is 4.56. The number of hydrogen-bond acceptors (Lipinski definition) is 4. The van der Waals surface area contributed by atoms with Crippen molar-refractivity contribution in [3.63, 3.8) is 0 Å². The number of hydrogen-bond donors (Lipinski definition) is 1. The number of fused-ring (bicyclic) bond motifs is 1. The molecule has 5 nitrogen and oxygen atoms in total. The zero-order chi connectivity index (χ0) is 14.3. The van der Waals surface area contributed by atoms with Gasteiger partial charge in [0.25, 0.3) is 5.91 Å². The van der Waals surface area contributed by atoms with E-state index < -0.39 is 0 Å². The van der Waals surface area contributed by atoms with Gasteiger partial charge >= 0.3 is 0 Å². The van der Waals surface area contributed by atoms with Crippen LogP contribution in [0.4, 0.5) is 0 Å². The molecule has 3 heterocycles. The lowest BCUT2D eigenvalue weighted by Crippen LogP contribution is -2.21. The molecule has 1 aliphatic heterocycles. The summed E-state index contributed by atoms with van der Waals surface area (Å²) >= 11 is 1.56. The van der Waals surface area contributed by atoms with E-state index >= 15 is 0 Å². The molecule has 102 valence electrons. The van der Waals surface area contributed by atoms with Gasteiger partial charge in [-0.05, 0) is 18.4 Å². The summed E-state index contributed by atoms with van der Waals surface area (Å²) in [6.45, 7) is 0. The Hall–Kier alpha value is -2.08. The fraction of sp³-hybridized carbons (Fsp3) is 0.214. The van der Waals surface area contributed by atoms with Crippen molar-refractivity contribution in [2.75, 3.05) is 13.3 Å². The molecule has 6 heteroatoms. The Morgan fingerprint density at radius 1 is 1.35 bits per heavy atom. The molecule has 0 saturated heterocycles. The highest BCUT2D eigenvalue weighted by atomic mass is 32.2. The summed E-state index contributed by atoms with van der Waals surface area (Å²) in [6.07, 6.45) is 3.61. The third-order valence-corrected chi connectivity index (χ3v) is 4.38. The maximum atomic E-state index is 12.2. The molecule has 0 bridgehead atoms. The van der Waals surface area contributed by atoms with Crippen LogP contribution in [0.25, 0.3) is 11.4 Å². The first-order valence-electron chi connectivity index (χ1n) is 6.12. The molecular weight excluding hydrogens is 274 g/mol. The number of rotatable bonds is 2. The molecule has 1 unspecified atom stereocenters. The highest BCUT2D eigenvalue weighted by molar-refractivity contribution is 7.98. The molecule has 1 amide bonds. The monoisotopic (exact) mass is 287 g/mol. The van der Waals surface area contributed by atoms with Crippen LogP contribution in [0.2, 0.25) is 0 Å². The van der Waals surface area contributed by atoms with Gasteiger partial charge in [0.2, 0.25) is 5.56 Å². The minimum Gasteiger partial charge on any atom is -0.325 e. The summed E-state index contributed by atoms with van der Waals surface area (Å²) < 4.78 is 0. The van der Waals surface area contributed by atoms with Gasteiger partial charge in [-0.15, -0.1) is 11.8 Å². The highest BCUT2D eigenvalue weighted by Crippen LogP contribution is 2.42. The minimum atomic E-state index is -0.284. The van der Waals surface area contributed by atoms with Crippen LogP contribution < -0.4 is 5.56 Å². The smallest absolute Gasteiger partial charge is 0.255 e. The molecule has 20 heavy (non-hydrogen) atoms. The van der Waals surface area contributed by atoms with E-state index in [2.05, 4.69) is 9.97 Å². The van der Waals surface area contributed by atoms with E-state index in [1.807, 2.05) is 24.5 Å². The number of carbonyl (C=O) groups is 1. The normalized spacial score (nSPS) is 17.4. The lowest BCUT2D eigenvalue weighted by molar-refractivity contribution is 0.0813. The molecule has 0 spiro atoms. The Balaban J connectivity index is 2.31. The Kier molecular flexibility index (Phi) is 3.10. The van der Waals surface area contributed by atoms with E-state index in [-0.39, 0.29) is 16.8 Å². The lowest BCUT2D eigenvalue weighted by Gasteiger charge is -2.19. The predicted octanol–water partition coefficient (Wildman–Crippen LogP) is 1.88. The molecule has 3 rings (SSSR count). The third kappa shape index (κ3) is 1.84. The van der Waals surface area contributed by atoms with Crippen molar-refractivity contribution in [3.05, 3.63) is 51.9 Å². The molecule has 0 saturated carbocycles. The fourth-order valence-corrected chi connectivity index (χ4v) is 3.37. The number of aromatic amines is 1. The lowest BCUT2D eigenvalue weighted by atomic mass is 10.1. The molecule has 0 fully saturated rings. The molecular formula is C14H13N3O2S. The Morgan fingerprint density at radius 3 is 2.80 bits per heavy atom. The van der Waals surface area contributed by atoms with Gasteiger partial charge in [0.05, 0.1) is 17.0 Å². The van der Waals surface area contributed by atoms with Crippen LogP contribution in [0.1, 0.15) is 21.3 Å². The third-order valence-electron chi connectivity index (χ3n) is 3.38. The number of pyridine rings is 2. The first-order chi connectivity index (χ1) is 9.63. The fourth-order valence-electron chi connectivity index (χ4n) is 2.48. The number of nitrogens with zero attached hydrogens (tertiary/aromatic N) is 2. The average molecular weight is 287 g/mol. The highest BCUT2D eigenvalue weighted by Gasteiger charge is 2.37. The van der Waals surface area contributed by atoms with Crippen molar-refractivity contribution in [1.29, 1.82) is 0 Å². The minimum absolute atomic E-state index is 0.105. The van der Waals surface area contributed by atoms with E-state index in [9.17, 15) is 9.59 Å². The van der Waals surface area contributed by atoms with Gasteiger partial charge in [-0.2, -0.15) is 0 Å². The number of amides is 1. The number of thioether (sulfide) groups is 1. The van der Waals surface area contributed by atoms with Crippen LogP contribution in [-0.4, -0.2) is 34.1 Å². The maximum Gasteiger partial charge on any atom is 0.255 e. The van der Waals surface area contributed by atoms with Crippen LogP contribution in [-0.2, 0) is 0 Å².